The highest BCUT2D eigenvalue weighted by Gasteiger charge is 2.31. The van der Waals surface area contributed by atoms with Gasteiger partial charge >= 0.3 is 0 Å². The van der Waals surface area contributed by atoms with Gasteiger partial charge in [0.05, 0.1) is 5.69 Å². The van der Waals surface area contributed by atoms with Crippen LogP contribution < -0.4 is 15.0 Å². The SMILES string of the molecule is CN(C)CCN1C(=O)COc2ccc(NC(=O)C(Cl)(Cl)Cl)cc21. The first-order chi connectivity index (χ1) is 10.7. The van der Waals surface area contributed by atoms with Gasteiger partial charge in [-0.15, -0.1) is 0 Å². The second kappa shape index (κ2) is 7.13. The van der Waals surface area contributed by atoms with Crippen LogP contribution in [-0.4, -0.2) is 54.3 Å². The van der Waals surface area contributed by atoms with Crippen molar-refractivity contribution in [2.45, 2.75) is 3.79 Å². The van der Waals surface area contributed by atoms with E-state index in [4.69, 9.17) is 39.5 Å². The standard InChI is InChI=1S/C14H16Cl3N3O3/c1-19(2)5-6-20-10-7-9(18-13(22)14(15,16)17)3-4-11(10)23-8-12(20)21/h3-4,7H,5-6,8H2,1-2H3,(H,18,22). The number of carbonyl (C=O) groups excluding carboxylic acids is 2. The third kappa shape index (κ3) is 4.64. The molecule has 126 valence electrons. The third-order valence-corrected chi connectivity index (χ3v) is 3.70. The molecule has 1 aliphatic rings. The normalized spacial score (nSPS) is 14.5. The fourth-order valence-electron chi connectivity index (χ4n) is 2.03. The number of likely N-dealkylation sites (N-methyl/N-ethyl adjacent to an activating group) is 1. The van der Waals surface area contributed by atoms with Crippen LogP contribution in [0.4, 0.5) is 11.4 Å². The maximum Gasteiger partial charge on any atom is 0.276 e. The molecule has 2 rings (SSSR count). The maximum absolute atomic E-state index is 12.1. The Hall–Kier alpha value is -1.21. The van der Waals surface area contributed by atoms with Gasteiger partial charge in [-0.05, 0) is 32.3 Å². The molecule has 1 N–H and O–H groups in total. The average molecular weight is 381 g/mol. The number of ether oxygens (including phenoxy) is 1. The summed E-state index contributed by atoms with van der Waals surface area (Å²) in [6, 6.07) is 4.90. The quantitative estimate of drug-likeness (QED) is 0.814. The summed E-state index contributed by atoms with van der Waals surface area (Å²) in [5.74, 6) is -0.357. The van der Waals surface area contributed by atoms with Gasteiger partial charge in [0.25, 0.3) is 15.6 Å². The van der Waals surface area contributed by atoms with Crippen LogP contribution in [0, 0.1) is 0 Å². The highest BCUT2D eigenvalue weighted by atomic mass is 35.6. The summed E-state index contributed by atoms with van der Waals surface area (Å²) in [7, 11) is 3.84. The van der Waals surface area contributed by atoms with E-state index < -0.39 is 9.70 Å². The Morgan fingerprint density at radius 1 is 1.39 bits per heavy atom. The largest absolute Gasteiger partial charge is 0.482 e. The summed E-state index contributed by atoms with van der Waals surface area (Å²) in [5, 5.41) is 2.49. The predicted molar refractivity (Wildman–Crippen MR) is 91.8 cm³/mol. The first-order valence-corrected chi connectivity index (χ1v) is 7.92. The summed E-state index contributed by atoms with van der Waals surface area (Å²) < 4.78 is 3.34. The molecule has 0 fully saturated rings. The number of hydrogen-bond acceptors (Lipinski definition) is 4. The third-order valence-electron chi connectivity index (χ3n) is 3.19. The second-order valence-corrected chi connectivity index (χ2v) is 7.55. The van der Waals surface area contributed by atoms with Crippen LogP contribution >= 0.6 is 34.8 Å². The fraction of sp³-hybridized carbons (Fsp3) is 0.429. The zero-order valence-corrected chi connectivity index (χ0v) is 14.9. The Kier molecular flexibility index (Phi) is 5.62. The Balaban J connectivity index is 2.25. The zero-order valence-electron chi connectivity index (χ0n) is 12.6. The Labute approximate surface area is 149 Å². The van der Waals surface area contributed by atoms with Crippen LogP contribution in [0.25, 0.3) is 0 Å². The van der Waals surface area contributed by atoms with Gasteiger partial charge in [0.2, 0.25) is 0 Å². The van der Waals surface area contributed by atoms with Crippen molar-refractivity contribution in [3.8, 4) is 5.75 Å². The molecule has 0 unspecified atom stereocenters. The molecule has 2 amide bonds. The number of fused-ring (bicyclic) bond motifs is 1. The predicted octanol–water partition coefficient (Wildman–Crippen LogP) is 2.28. The molecule has 0 atom stereocenters. The van der Waals surface area contributed by atoms with Crippen LogP contribution in [0.15, 0.2) is 18.2 Å². The van der Waals surface area contributed by atoms with Crippen LogP contribution in [0.3, 0.4) is 0 Å². The van der Waals surface area contributed by atoms with Crippen LogP contribution in [-0.2, 0) is 9.59 Å². The van der Waals surface area contributed by atoms with Gasteiger partial charge in [-0.25, -0.2) is 0 Å². The van der Waals surface area contributed by atoms with Gasteiger partial charge in [0.1, 0.15) is 5.75 Å². The lowest BCUT2D eigenvalue weighted by Crippen LogP contribution is -2.42. The van der Waals surface area contributed by atoms with E-state index in [0.29, 0.717) is 30.2 Å². The van der Waals surface area contributed by atoms with E-state index in [1.54, 1.807) is 23.1 Å². The smallest absolute Gasteiger partial charge is 0.276 e. The highest BCUT2D eigenvalue weighted by Crippen LogP contribution is 2.35. The Morgan fingerprint density at radius 2 is 2.09 bits per heavy atom. The van der Waals surface area contributed by atoms with Gasteiger partial charge in [0, 0.05) is 18.8 Å². The Bertz CT molecular complexity index is 617. The zero-order chi connectivity index (χ0) is 17.2. The highest BCUT2D eigenvalue weighted by molar-refractivity contribution is 6.76. The van der Waals surface area contributed by atoms with Crippen LogP contribution in [0.1, 0.15) is 0 Å². The fourth-order valence-corrected chi connectivity index (χ4v) is 2.17. The number of alkyl halides is 3. The number of benzene rings is 1. The van der Waals surface area contributed by atoms with Gasteiger partial charge in [-0.3, -0.25) is 9.59 Å². The van der Waals surface area contributed by atoms with Crippen molar-refractivity contribution < 1.29 is 14.3 Å². The molecule has 0 aliphatic carbocycles. The van der Waals surface area contributed by atoms with Crippen molar-refractivity contribution in [1.29, 1.82) is 0 Å². The molecule has 0 bridgehead atoms. The van der Waals surface area contributed by atoms with E-state index in [9.17, 15) is 9.59 Å². The number of hydrogen-bond donors (Lipinski definition) is 1. The second-order valence-electron chi connectivity index (χ2n) is 5.27. The minimum atomic E-state index is -2.06. The molecule has 0 saturated carbocycles. The minimum Gasteiger partial charge on any atom is -0.482 e. The van der Waals surface area contributed by atoms with Gasteiger partial charge in [0.15, 0.2) is 6.61 Å². The van der Waals surface area contributed by atoms with E-state index in [1.807, 2.05) is 19.0 Å². The molecule has 0 aromatic heterocycles. The molecule has 1 heterocycles. The number of amides is 2. The lowest BCUT2D eigenvalue weighted by Gasteiger charge is -2.30. The van der Waals surface area contributed by atoms with Crippen molar-refractivity contribution in [2.24, 2.45) is 0 Å². The summed E-state index contributed by atoms with van der Waals surface area (Å²) in [6.45, 7) is 1.18. The number of anilines is 2. The summed E-state index contributed by atoms with van der Waals surface area (Å²) in [5.41, 5.74) is 0.985. The molecular formula is C14H16Cl3N3O3. The maximum atomic E-state index is 12.1. The van der Waals surface area contributed by atoms with Crippen molar-refractivity contribution >= 4 is 58.0 Å². The molecule has 0 spiro atoms. The number of carbonyl (C=O) groups is 2. The van der Waals surface area contributed by atoms with Crippen LogP contribution in [0.2, 0.25) is 0 Å². The number of nitrogens with zero attached hydrogens (tertiary/aromatic N) is 2. The molecular weight excluding hydrogens is 365 g/mol. The monoisotopic (exact) mass is 379 g/mol. The first-order valence-electron chi connectivity index (χ1n) is 6.78. The molecule has 0 radical (unpaired) electrons. The summed E-state index contributed by atoms with van der Waals surface area (Å²) in [4.78, 5) is 27.4. The summed E-state index contributed by atoms with van der Waals surface area (Å²) in [6.07, 6.45) is 0. The number of nitrogens with one attached hydrogen (secondary N) is 1. The first kappa shape index (κ1) is 18.1. The summed E-state index contributed by atoms with van der Waals surface area (Å²) >= 11 is 16.6. The van der Waals surface area contributed by atoms with E-state index in [-0.39, 0.29) is 12.5 Å². The topological polar surface area (TPSA) is 61.9 Å². The van der Waals surface area contributed by atoms with Crippen molar-refractivity contribution in [3.05, 3.63) is 18.2 Å². The van der Waals surface area contributed by atoms with E-state index in [1.165, 1.54) is 0 Å². The van der Waals surface area contributed by atoms with E-state index in [0.717, 1.165) is 0 Å². The van der Waals surface area contributed by atoms with Crippen molar-refractivity contribution in [3.63, 3.8) is 0 Å². The lowest BCUT2D eigenvalue weighted by molar-refractivity contribution is -0.121. The molecule has 1 aromatic carbocycles. The van der Waals surface area contributed by atoms with E-state index in [2.05, 4.69) is 5.32 Å². The van der Waals surface area contributed by atoms with Crippen molar-refractivity contribution in [1.82, 2.24) is 4.90 Å². The average Bonchev–Trinajstić information content (AvgIpc) is 2.45. The molecule has 9 heteroatoms. The number of halogens is 3. The van der Waals surface area contributed by atoms with Crippen LogP contribution in [0.5, 0.6) is 5.75 Å². The molecule has 0 saturated heterocycles. The van der Waals surface area contributed by atoms with E-state index >= 15 is 0 Å². The molecule has 1 aliphatic heterocycles. The molecule has 23 heavy (non-hydrogen) atoms. The minimum absolute atomic E-state index is 0.0136. The van der Waals surface area contributed by atoms with Gasteiger partial charge in [-0.2, -0.15) is 0 Å². The van der Waals surface area contributed by atoms with Gasteiger partial charge in [-0.1, -0.05) is 34.8 Å². The molecule has 1 aromatic rings. The molecule has 6 nitrogen and oxygen atoms in total. The van der Waals surface area contributed by atoms with Gasteiger partial charge < -0.3 is 19.9 Å². The van der Waals surface area contributed by atoms with Crippen molar-refractivity contribution in [2.75, 3.05) is 44.0 Å². The lowest BCUT2D eigenvalue weighted by atomic mass is 10.2. The Morgan fingerprint density at radius 3 is 2.70 bits per heavy atom. The number of rotatable bonds is 4.